The van der Waals surface area contributed by atoms with Crippen LogP contribution in [0.3, 0.4) is 0 Å². The van der Waals surface area contributed by atoms with E-state index in [-0.39, 0.29) is 30.1 Å². The van der Waals surface area contributed by atoms with Gasteiger partial charge in [0.1, 0.15) is 5.82 Å². The van der Waals surface area contributed by atoms with Gasteiger partial charge in [-0.25, -0.2) is 4.39 Å². The van der Waals surface area contributed by atoms with Gasteiger partial charge in [0.05, 0.1) is 30.4 Å². The molecule has 12 heteroatoms. The van der Waals surface area contributed by atoms with Gasteiger partial charge in [-0.2, -0.15) is 26.3 Å². The first kappa shape index (κ1) is 32.7. The third kappa shape index (κ3) is 7.74. The molecule has 1 aliphatic carbocycles. The van der Waals surface area contributed by atoms with Crippen molar-refractivity contribution in [2.24, 2.45) is 5.92 Å². The molecule has 2 aromatic carbocycles. The highest BCUT2D eigenvalue weighted by Crippen LogP contribution is 2.42. The molecule has 1 saturated carbocycles. The van der Waals surface area contributed by atoms with Crippen LogP contribution in [0.25, 0.3) is 0 Å². The van der Waals surface area contributed by atoms with Crippen molar-refractivity contribution in [1.29, 1.82) is 0 Å². The van der Waals surface area contributed by atoms with Crippen LogP contribution >= 0.6 is 0 Å². The van der Waals surface area contributed by atoms with Crippen LogP contribution < -0.4 is 0 Å². The van der Waals surface area contributed by atoms with Crippen LogP contribution in [0.5, 0.6) is 0 Å². The van der Waals surface area contributed by atoms with Crippen LogP contribution in [-0.2, 0) is 26.6 Å². The first-order valence-electron chi connectivity index (χ1n) is 15.1. The van der Waals surface area contributed by atoms with Crippen LogP contribution in [0.15, 0.2) is 42.5 Å². The second-order valence-corrected chi connectivity index (χ2v) is 12.1. The Morgan fingerprint density at radius 1 is 0.909 bits per heavy atom. The van der Waals surface area contributed by atoms with E-state index in [0.717, 1.165) is 19.4 Å². The second-order valence-electron chi connectivity index (χ2n) is 12.1. The SMILES string of the molecule is C[C@@H](O[C@H]1OCC[C@@H](CN2CCN(C3CCCCC3)CC2=O)[C@@H]1c1ccc(F)cc1)c1cc(C(F)(F)F)cc(C(F)(F)F)c1. The summed E-state index contributed by atoms with van der Waals surface area (Å²) >= 11 is 0. The van der Waals surface area contributed by atoms with Crippen molar-refractivity contribution in [3.63, 3.8) is 0 Å². The van der Waals surface area contributed by atoms with Crippen molar-refractivity contribution in [3.05, 3.63) is 70.5 Å². The molecule has 0 unspecified atom stereocenters. The van der Waals surface area contributed by atoms with E-state index >= 15 is 0 Å². The highest BCUT2D eigenvalue weighted by Gasteiger charge is 2.41. The summed E-state index contributed by atoms with van der Waals surface area (Å²) in [5, 5.41) is 0. The number of carbonyl (C=O) groups excluding carboxylic acids is 1. The largest absolute Gasteiger partial charge is 0.416 e. The van der Waals surface area contributed by atoms with Gasteiger partial charge in [-0.05, 0) is 73.6 Å². The first-order chi connectivity index (χ1) is 20.8. The zero-order chi connectivity index (χ0) is 31.6. The number of amides is 1. The van der Waals surface area contributed by atoms with Crippen molar-refractivity contribution < 1.29 is 45.0 Å². The molecule has 2 aromatic rings. The maximum absolute atomic E-state index is 13.9. The van der Waals surface area contributed by atoms with Gasteiger partial charge in [-0.15, -0.1) is 0 Å². The highest BCUT2D eigenvalue weighted by molar-refractivity contribution is 5.79. The lowest BCUT2D eigenvalue weighted by molar-refractivity contribution is -0.211. The van der Waals surface area contributed by atoms with Gasteiger partial charge in [0.15, 0.2) is 6.29 Å². The quantitative estimate of drug-likeness (QED) is 0.296. The minimum absolute atomic E-state index is 0.0145. The Kier molecular flexibility index (Phi) is 9.91. The Hall–Kier alpha value is -2.70. The molecule has 2 aliphatic heterocycles. The standard InChI is InChI=1S/C32H37F7N2O3/c1-20(23-15-24(31(34,35)36)17-25(16-23)32(37,38)39)44-30-29(21-7-9-26(33)10-8-21)22(11-14-43-30)18-41-13-12-40(19-28(41)42)27-5-3-2-4-6-27/h7-10,15-17,20,22,27,29-30H,2-6,11-14,18-19H2,1H3/t20-,22+,29+,30-/m1/s1. The molecule has 0 radical (unpaired) electrons. The van der Waals surface area contributed by atoms with Gasteiger partial charge in [0.2, 0.25) is 5.91 Å². The zero-order valence-electron chi connectivity index (χ0n) is 24.5. The van der Waals surface area contributed by atoms with E-state index < -0.39 is 47.6 Å². The summed E-state index contributed by atoms with van der Waals surface area (Å²) in [4.78, 5) is 17.3. The normalized spacial score (nSPS) is 25.3. The number of hydrogen-bond donors (Lipinski definition) is 0. The van der Waals surface area contributed by atoms with Crippen LogP contribution in [0.2, 0.25) is 0 Å². The molecule has 4 atom stereocenters. The average Bonchev–Trinajstić information content (AvgIpc) is 2.98. The van der Waals surface area contributed by atoms with Crippen LogP contribution in [0.1, 0.15) is 79.7 Å². The number of piperazine rings is 1. The maximum Gasteiger partial charge on any atom is 0.416 e. The first-order valence-corrected chi connectivity index (χ1v) is 15.1. The van der Waals surface area contributed by atoms with E-state index in [4.69, 9.17) is 9.47 Å². The van der Waals surface area contributed by atoms with Crippen LogP contribution in [-0.4, -0.2) is 60.8 Å². The molecule has 0 spiro atoms. The molecule has 44 heavy (non-hydrogen) atoms. The molecule has 3 fully saturated rings. The number of benzene rings is 2. The van der Waals surface area contributed by atoms with Crippen molar-refractivity contribution in [2.75, 3.05) is 32.8 Å². The highest BCUT2D eigenvalue weighted by atomic mass is 19.4. The van der Waals surface area contributed by atoms with Gasteiger partial charge in [-0.3, -0.25) is 9.69 Å². The number of ether oxygens (including phenoxy) is 2. The fraction of sp³-hybridized carbons (Fsp3) is 0.594. The molecule has 5 nitrogen and oxygen atoms in total. The molecule has 3 aliphatic rings. The Morgan fingerprint density at radius 2 is 1.55 bits per heavy atom. The van der Waals surface area contributed by atoms with Gasteiger partial charge in [-0.1, -0.05) is 31.4 Å². The summed E-state index contributed by atoms with van der Waals surface area (Å²) in [6, 6.07) is 7.48. The molecule has 2 saturated heterocycles. The van der Waals surface area contributed by atoms with Crippen molar-refractivity contribution in [3.8, 4) is 0 Å². The lowest BCUT2D eigenvalue weighted by atomic mass is 9.81. The predicted molar refractivity (Wildman–Crippen MR) is 148 cm³/mol. The molecule has 1 amide bonds. The number of carbonyl (C=O) groups is 1. The fourth-order valence-electron chi connectivity index (χ4n) is 6.74. The minimum atomic E-state index is -4.99. The van der Waals surface area contributed by atoms with E-state index in [9.17, 15) is 35.5 Å². The summed E-state index contributed by atoms with van der Waals surface area (Å²) in [5.74, 6) is -1.21. The molecule has 2 heterocycles. The lowest BCUT2D eigenvalue weighted by Crippen LogP contribution is -2.55. The fourth-order valence-corrected chi connectivity index (χ4v) is 6.74. The molecule has 0 bridgehead atoms. The van der Waals surface area contributed by atoms with Crippen molar-refractivity contribution in [2.45, 2.75) is 82.2 Å². The smallest absolute Gasteiger partial charge is 0.352 e. The Morgan fingerprint density at radius 3 is 2.14 bits per heavy atom. The number of nitrogens with zero attached hydrogens (tertiary/aromatic N) is 2. The third-order valence-electron chi connectivity index (χ3n) is 9.14. The van der Waals surface area contributed by atoms with E-state index in [1.54, 1.807) is 12.1 Å². The Bertz CT molecular complexity index is 1250. The third-order valence-corrected chi connectivity index (χ3v) is 9.14. The summed E-state index contributed by atoms with van der Waals surface area (Å²) < 4.78 is 107. The van der Waals surface area contributed by atoms with Crippen molar-refractivity contribution in [1.82, 2.24) is 9.80 Å². The second kappa shape index (κ2) is 13.3. The summed E-state index contributed by atoms with van der Waals surface area (Å²) in [6.45, 7) is 3.61. The van der Waals surface area contributed by atoms with E-state index in [1.165, 1.54) is 38.3 Å². The number of alkyl halides is 6. The van der Waals surface area contributed by atoms with Crippen molar-refractivity contribution >= 4 is 5.91 Å². The van der Waals surface area contributed by atoms with Gasteiger partial charge >= 0.3 is 12.4 Å². The van der Waals surface area contributed by atoms with E-state index in [2.05, 4.69) is 4.90 Å². The monoisotopic (exact) mass is 630 g/mol. The molecular weight excluding hydrogens is 593 g/mol. The van der Waals surface area contributed by atoms with E-state index in [1.807, 2.05) is 4.90 Å². The minimum Gasteiger partial charge on any atom is -0.352 e. The molecular formula is C32H37F7N2O3. The molecule has 0 N–H and O–H groups in total. The Balaban J connectivity index is 1.36. The summed E-state index contributed by atoms with van der Waals surface area (Å²) in [7, 11) is 0. The lowest BCUT2D eigenvalue weighted by Gasteiger charge is -2.44. The summed E-state index contributed by atoms with van der Waals surface area (Å²) in [6.07, 6.45) is -5.98. The maximum atomic E-state index is 13.9. The molecule has 0 aromatic heterocycles. The van der Waals surface area contributed by atoms with Gasteiger partial charge in [0, 0.05) is 31.6 Å². The number of rotatable bonds is 7. The van der Waals surface area contributed by atoms with E-state index in [0.29, 0.717) is 49.8 Å². The molecule has 242 valence electrons. The summed E-state index contributed by atoms with van der Waals surface area (Å²) in [5.41, 5.74) is -2.52. The zero-order valence-corrected chi connectivity index (χ0v) is 24.5. The number of halogens is 7. The van der Waals surface area contributed by atoms with Crippen LogP contribution in [0, 0.1) is 11.7 Å². The Labute approximate surface area is 252 Å². The van der Waals surface area contributed by atoms with Gasteiger partial charge in [0.25, 0.3) is 0 Å². The molecule has 5 rings (SSSR count). The average molecular weight is 631 g/mol. The topological polar surface area (TPSA) is 42.0 Å². The number of hydrogen-bond acceptors (Lipinski definition) is 4. The van der Waals surface area contributed by atoms with Crippen LogP contribution in [0.4, 0.5) is 30.7 Å². The predicted octanol–water partition coefficient (Wildman–Crippen LogP) is 7.56. The van der Waals surface area contributed by atoms with Gasteiger partial charge < -0.3 is 14.4 Å².